The minimum atomic E-state index is -0.721. The number of carboxylic acids is 1. The second kappa shape index (κ2) is 14.2. The molecule has 1 aromatic rings. The Morgan fingerprint density at radius 2 is 1.47 bits per heavy atom. The van der Waals surface area contributed by atoms with Crippen LogP contribution in [-0.4, -0.2) is 40.8 Å². The number of carbonyl (C=O) groups excluding carboxylic acids is 1. The summed E-state index contributed by atoms with van der Waals surface area (Å²) in [5.74, 6) is 0.642. The highest BCUT2D eigenvalue weighted by Crippen LogP contribution is 2.44. The summed E-state index contributed by atoms with van der Waals surface area (Å²) in [5.41, 5.74) is 2.96. The third-order valence-corrected chi connectivity index (χ3v) is 9.50. The fraction of sp³-hybridized carbons (Fsp3) is 0.677. The quantitative estimate of drug-likeness (QED) is 0.144. The molecule has 5 N–H and O–H groups in total. The van der Waals surface area contributed by atoms with E-state index in [1.807, 2.05) is 18.2 Å². The molecule has 7 nitrogen and oxygen atoms in total. The minimum absolute atomic E-state index is 0.276. The van der Waals surface area contributed by atoms with Crippen LogP contribution in [0.1, 0.15) is 94.6 Å². The molecule has 38 heavy (non-hydrogen) atoms. The van der Waals surface area contributed by atoms with Gasteiger partial charge in [0.05, 0.1) is 0 Å². The smallest absolute Gasteiger partial charge is 0.324 e. The van der Waals surface area contributed by atoms with Crippen molar-refractivity contribution in [2.45, 2.75) is 95.6 Å². The summed E-state index contributed by atoms with van der Waals surface area (Å²) in [6, 6.07) is 8.02. The second-order valence-electron chi connectivity index (χ2n) is 11.9. The molecule has 4 rings (SSSR count). The number of nitrogens with one attached hydrogen (secondary N) is 3. The molecule has 3 fully saturated rings. The normalized spacial score (nSPS) is 24.9. The molecule has 7 heteroatoms. The van der Waals surface area contributed by atoms with Gasteiger partial charge in [-0.25, -0.2) is 5.48 Å². The van der Waals surface area contributed by atoms with Gasteiger partial charge in [0.1, 0.15) is 5.54 Å². The molecule has 0 radical (unpaired) electrons. The van der Waals surface area contributed by atoms with Gasteiger partial charge in [-0.1, -0.05) is 56.4 Å². The average molecular weight is 526 g/mol. The lowest BCUT2D eigenvalue weighted by Crippen LogP contribution is -2.63. The van der Waals surface area contributed by atoms with E-state index < -0.39 is 17.4 Å². The van der Waals surface area contributed by atoms with Gasteiger partial charge in [-0.3, -0.25) is 14.8 Å². The number of benzene rings is 1. The Kier molecular flexibility index (Phi) is 10.8. The van der Waals surface area contributed by atoms with Crippen molar-refractivity contribution in [2.24, 2.45) is 23.7 Å². The monoisotopic (exact) mass is 525 g/mol. The number of amides is 1. The molecule has 1 amide bonds. The predicted octanol–water partition coefficient (Wildman–Crippen LogP) is 5.28. The number of carboxylic acid groups (broad SMARTS) is 1. The Morgan fingerprint density at radius 1 is 0.868 bits per heavy atom. The minimum Gasteiger partial charge on any atom is -0.480 e. The first-order valence-corrected chi connectivity index (χ1v) is 14.9. The van der Waals surface area contributed by atoms with Crippen LogP contribution in [0.25, 0.3) is 6.08 Å². The van der Waals surface area contributed by atoms with Crippen LogP contribution in [0.2, 0.25) is 0 Å². The van der Waals surface area contributed by atoms with Gasteiger partial charge in [-0.2, -0.15) is 0 Å². The van der Waals surface area contributed by atoms with E-state index in [1.54, 1.807) is 11.6 Å². The van der Waals surface area contributed by atoms with Crippen molar-refractivity contribution >= 4 is 18.0 Å². The van der Waals surface area contributed by atoms with Gasteiger partial charge in [-0.15, -0.1) is 0 Å². The van der Waals surface area contributed by atoms with Crippen LogP contribution >= 0.6 is 0 Å². The Hall–Kier alpha value is -2.22. The molecular weight excluding hydrogens is 478 g/mol. The number of carbonyl (C=O) groups is 2. The number of hydrogen-bond donors (Lipinski definition) is 5. The van der Waals surface area contributed by atoms with Crippen LogP contribution in [-0.2, 0) is 16.1 Å². The zero-order chi connectivity index (χ0) is 26.8. The molecule has 3 aliphatic rings. The second-order valence-corrected chi connectivity index (χ2v) is 11.9. The lowest BCUT2D eigenvalue weighted by molar-refractivity contribution is -0.152. The number of hydrogen-bond acceptors (Lipinski definition) is 5. The topological polar surface area (TPSA) is 111 Å². The van der Waals surface area contributed by atoms with Crippen LogP contribution < -0.4 is 16.1 Å². The molecule has 0 heterocycles. The van der Waals surface area contributed by atoms with Gasteiger partial charge in [0.25, 0.3) is 5.91 Å². The Bertz CT molecular complexity index is 931. The Balaban J connectivity index is 1.23. The lowest BCUT2D eigenvalue weighted by Gasteiger charge is -2.45. The largest absolute Gasteiger partial charge is 0.480 e. The fourth-order valence-corrected chi connectivity index (χ4v) is 7.38. The van der Waals surface area contributed by atoms with Crippen molar-refractivity contribution < 1.29 is 19.9 Å². The molecule has 0 aliphatic heterocycles. The number of rotatable bonds is 12. The van der Waals surface area contributed by atoms with E-state index in [-0.39, 0.29) is 11.8 Å². The van der Waals surface area contributed by atoms with Crippen LogP contribution in [0.4, 0.5) is 0 Å². The molecule has 1 atom stereocenters. The first kappa shape index (κ1) is 28.8. The van der Waals surface area contributed by atoms with Crippen LogP contribution in [0, 0.1) is 23.7 Å². The summed E-state index contributed by atoms with van der Waals surface area (Å²) >= 11 is 0. The maximum atomic E-state index is 12.9. The average Bonchev–Trinajstić information content (AvgIpc) is 3.49. The highest BCUT2D eigenvalue weighted by atomic mass is 16.5. The SMILES string of the molecule is O=C(/C=C/c1cccc(CNCC2CCC(CN[C@](C(=O)O)(C3CCCCC3)C3CCCC3)CC2)c1)NO. The lowest BCUT2D eigenvalue weighted by atomic mass is 9.67. The summed E-state index contributed by atoms with van der Waals surface area (Å²) < 4.78 is 0. The molecule has 210 valence electrons. The van der Waals surface area contributed by atoms with Crippen molar-refractivity contribution in [3.05, 3.63) is 41.5 Å². The van der Waals surface area contributed by atoms with Gasteiger partial charge >= 0.3 is 5.97 Å². The number of hydroxylamine groups is 1. The van der Waals surface area contributed by atoms with Gasteiger partial charge < -0.3 is 15.7 Å². The van der Waals surface area contributed by atoms with Gasteiger partial charge in [0, 0.05) is 12.6 Å². The van der Waals surface area contributed by atoms with Crippen molar-refractivity contribution in [2.75, 3.05) is 13.1 Å². The highest BCUT2D eigenvalue weighted by molar-refractivity contribution is 5.90. The van der Waals surface area contributed by atoms with Crippen LogP contribution in [0.15, 0.2) is 30.3 Å². The first-order valence-electron chi connectivity index (χ1n) is 14.9. The van der Waals surface area contributed by atoms with Gasteiger partial charge in [0.2, 0.25) is 0 Å². The molecule has 0 aromatic heterocycles. The predicted molar refractivity (Wildman–Crippen MR) is 149 cm³/mol. The van der Waals surface area contributed by atoms with E-state index in [1.165, 1.54) is 51.0 Å². The summed E-state index contributed by atoms with van der Waals surface area (Å²) in [7, 11) is 0. The molecule has 1 aromatic carbocycles. The molecule has 0 bridgehead atoms. The summed E-state index contributed by atoms with van der Waals surface area (Å²) in [4.78, 5) is 24.1. The van der Waals surface area contributed by atoms with Crippen molar-refractivity contribution in [1.82, 2.24) is 16.1 Å². The Labute approximate surface area is 227 Å². The zero-order valence-corrected chi connectivity index (χ0v) is 22.8. The summed E-state index contributed by atoms with van der Waals surface area (Å²) in [6.07, 6.45) is 17.9. The third kappa shape index (κ3) is 7.45. The van der Waals surface area contributed by atoms with Gasteiger partial charge in [-0.05, 0) is 105 Å². The maximum absolute atomic E-state index is 12.9. The zero-order valence-electron chi connectivity index (χ0n) is 22.8. The van der Waals surface area contributed by atoms with E-state index in [0.717, 1.165) is 69.3 Å². The molecule has 0 unspecified atom stereocenters. The van der Waals surface area contributed by atoms with E-state index in [9.17, 15) is 14.7 Å². The molecular formula is C31H47N3O4. The van der Waals surface area contributed by atoms with E-state index >= 15 is 0 Å². The fourth-order valence-electron chi connectivity index (χ4n) is 7.38. The van der Waals surface area contributed by atoms with Crippen molar-refractivity contribution in [1.29, 1.82) is 0 Å². The van der Waals surface area contributed by atoms with Crippen molar-refractivity contribution in [3.8, 4) is 0 Å². The molecule has 3 saturated carbocycles. The van der Waals surface area contributed by atoms with Crippen molar-refractivity contribution in [3.63, 3.8) is 0 Å². The standard InChI is InChI=1S/C31H47N3O4/c35-29(34-38)18-17-23-7-6-8-26(19-23)21-32-20-24-13-15-25(16-14-24)22-33-31(30(36)37,28-11-4-5-12-28)27-9-2-1-3-10-27/h6-8,17-19,24-25,27-28,32-33,38H,1-5,9-16,20-22H2,(H,34,35)(H,36,37)/b18-17+/t24?,25?,31-/m1/s1. The first-order chi connectivity index (χ1) is 18.5. The number of aliphatic carboxylic acids is 1. The maximum Gasteiger partial charge on any atom is 0.324 e. The van der Waals surface area contributed by atoms with E-state index in [0.29, 0.717) is 11.8 Å². The molecule has 3 aliphatic carbocycles. The molecule has 0 spiro atoms. The third-order valence-electron chi connectivity index (χ3n) is 9.50. The Morgan fingerprint density at radius 3 is 2.08 bits per heavy atom. The summed E-state index contributed by atoms with van der Waals surface area (Å²) in [6.45, 7) is 2.60. The van der Waals surface area contributed by atoms with E-state index in [2.05, 4.69) is 16.7 Å². The van der Waals surface area contributed by atoms with Crippen LogP contribution in [0.3, 0.4) is 0 Å². The van der Waals surface area contributed by atoms with Gasteiger partial charge in [0.15, 0.2) is 0 Å². The highest BCUT2D eigenvalue weighted by Gasteiger charge is 2.52. The van der Waals surface area contributed by atoms with Crippen LogP contribution in [0.5, 0.6) is 0 Å². The molecule has 0 saturated heterocycles. The summed E-state index contributed by atoms with van der Waals surface area (Å²) in [5, 5.41) is 26.6. The van der Waals surface area contributed by atoms with E-state index in [4.69, 9.17) is 5.21 Å².